The van der Waals surface area contributed by atoms with Gasteiger partial charge in [-0.3, -0.25) is 10.1 Å². The zero-order valence-corrected chi connectivity index (χ0v) is 10.8. The Bertz CT molecular complexity index is 424. The average Bonchev–Trinajstić information content (AvgIpc) is 2.57. The number of nitro benzene ring substituents is 1. The third-order valence-electron chi connectivity index (χ3n) is 3.62. The van der Waals surface area contributed by atoms with Crippen LogP contribution in [0.4, 0.5) is 11.4 Å². The van der Waals surface area contributed by atoms with Crippen molar-refractivity contribution in [1.29, 1.82) is 0 Å². The topological polar surface area (TPSA) is 55.2 Å². The molecule has 0 radical (unpaired) electrons. The number of rotatable bonds is 3. The van der Waals surface area contributed by atoms with Crippen LogP contribution in [0.15, 0.2) is 18.2 Å². The summed E-state index contributed by atoms with van der Waals surface area (Å²) in [4.78, 5) is 10.4. The molecule has 2 rings (SSSR count). The summed E-state index contributed by atoms with van der Waals surface area (Å²) in [6.07, 6.45) is 7.63. The number of nitro groups is 1. The van der Waals surface area contributed by atoms with Gasteiger partial charge in [-0.05, 0) is 31.9 Å². The molecule has 1 saturated carbocycles. The Morgan fingerprint density at radius 1 is 1.22 bits per heavy atom. The summed E-state index contributed by atoms with van der Waals surface area (Å²) in [5, 5.41) is 14.3. The fraction of sp³-hybridized carbons (Fsp3) is 0.571. The lowest BCUT2D eigenvalue weighted by Crippen LogP contribution is -2.18. The smallest absolute Gasteiger partial charge is 0.272 e. The second-order valence-corrected chi connectivity index (χ2v) is 5.09. The molecule has 1 aromatic rings. The largest absolute Gasteiger partial charge is 0.382 e. The zero-order valence-electron chi connectivity index (χ0n) is 10.8. The quantitative estimate of drug-likeness (QED) is 0.499. The van der Waals surface area contributed by atoms with Gasteiger partial charge in [-0.25, -0.2) is 0 Å². The van der Waals surface area contributed by atoms with Crippen LogP contribution in [0.3, 0.4) is 0 Å². The summed E-state index contributed by atoms with van der Waals surface area (Å²) in [5.74, 6) is 0. The highest BCUT2D eigenvalue weighted by molar-refractivity contribution is 5.54. The standard InChI is InChI=1S/C14H20N2O2/c1-11-10-13(8-9-14(11)16(17)18)15-12-6-4-2-3-5-7-12/h8-10,12,15H,2-7H2,1H3. The summed E-state index contributed by atoms with van der Waals surface area (Å²) in [6, 6.07) is 5.81. The minimum absolute atomic E-state index is 0.196. The normalized spacial score (nSPS) is 17.2. The van der Waals surface area contributed by atoms with Crippen molar-refractivity contribution < 1.29 is 4.92 Å². The molecule has 4 nitrogen and oxygen atoms in total. The van der Waals surface area contributed by atoms with Gasteiger partial charge in [0.1, 0.15) is 0 Å². The molecule has 0 amide bonds. The van der Waals surface area contributed by atoms with Gasteiger partial charge in [0.05, 0.1) is 4.92 Å². The maximum atomic E-state index is 10.8. The summed E-state index contributed by atoms with van der Waals surface area (Å²) in [5.41, 5.74) is 1.92. The first-order valence-electron chi connectivity index (χ1n) is 6.68. The van der Waals surface area contributed by atoms with Gasteiger partial charge in [-0.15, -0.1) is 0 Å². The van der Waals surface area contributed by atoms with E-state index in [0.717, 1.165) is 11.3 Å². The summed E-state index contributed by atoms with van der Waals surface area (Å²) < 4.78 is 0. The third-order valence-corrected chi connectivity index (χ3v) is 3.62. The van der Waals surface area contributed by atoms with E-state index < -0.39 is 0 Å². The highest BCUT2D eigenvalue weighted by Gasteiger charge is 2.14. The molecular formula is C14H20N2O2. The molecule has 0 heterocycles. The molecular weight excluding hydrogens is 228 g/mol. The lowest BCUT2D eigenvalue weighted by Gasteiger charge is -2.17. The van der Waals surface area contributed by atoms with Crippen molar-refractivity contribution in [1.82, 2.24) is 0 Å². The van der Waals surface area contributed by atoms with E-state index in [1.807, 2.05) is 12.1 Å². The lowest BCUT2D eigenvalue weighted by atomic mass is 10.1. The van der Waals surface area contributed by atoms with Crippen molar-refractivity contribution >= 4 is 11.4 Å². The van der Waals surface area contributed by atoms with Gasteiger partial charge in [0.25, 0.3) is 5.69 Å². The maximum absolute atomic E-state index is 10.8. The van der Waals surface area contributed by atoms with Crippen molar-refractivity contribution in [2.45, 2.75) is 51.5 Å². The predicted molar refractivity (Wildman–Crippen MR) is 72.9 cm³/mol. The highest BCUT2D eigenvalue weighted by Crippen LogP contribution is 2.25. The van der Waals surface area contributed by atoms with Gasteiger partial charge in [0.15, 0.2) is 0 Å². The van der Waals surface area contributed by atoms with E-state index in [2.05, 4.69) is 5.32 Å². The van der Waals surface area contributed by atoms with Crippen molar-refractivity contribution in [2.24, 2.45) is 0 Å². The van der Waals surface area contributed by atoms with Crippen LogP contribution in [0.2, 0.25) is 0 Å². The van der Waals surface area contributed by atoms with Crippen molar-refractivity contribution in [3.05, 3.63) is 33.9 Å². The number of benzene rings is 1. The fourth-order valence-corrected chi connectivity index (χ4v) is 2.61. The molecule has 1 aliphatic rings. The summed E-state index contributed by atoms with van der Waals surface area (Å²) in [7, 11) is 0. The van der Waals surface area contributed by atoms with Crippen LogP contribution < -0.4 is 5.32 Å². The Morgan fingerprint density at radius 2 is 1.89 bits per heavy atom. The van der Waals surface area contributed by atoms with E-state index in [4.69, 9.17) is 0 Å². The number of anilines is 1. The molecule has 18 heavy (non-hydrogen) atoms. The summed E-state index contributed by atoms with van der Waals surface area (Å²) in [6.45, 7) is 1.79. The van der Waals surface area contributed by atoms with Gasteiger partial charge in [0.2, 0.25) is 0 Å². The molecule has 0 unspecified atom stereocenters. The average molecular weight is 248 g/mol. The monoisotopic (exact) mass is 248 g/mol. The molecule has 0 spiro atoms. The zero-order chi connectivity index (χ0) is 13.0. The van der Waals surface area contributed by atoms with E-state index in [1.54, 1.807) is 13.0 Å². The molecule has 1 aromatic carbocycles. The first-order chi connectivity index (χ1) is 8.66. The Balaban J connectivity index is 2.05. The molecule has 0 atom stereocenters. The molecule has 1 N–H and O–H groups in total. The molecule has 4 heteroatoms. The van der Waals surface area contributed by atoms with Gasteiger partial charge in [-0.1, -0.05) is 25.7 Å². The minimum atomic E-state index is -0.329. The number of aryl methyl sites for hydroxylation is 1. The fourth-order valence-electron chi connectivity index (χ4n) is 2.61. The first-order valence-corrected chi connectivity index (χ1v) is 6.68. The van der Waals surface area contributed by atoms with Crippen molar-refractivity contribution in [3.8, 4) is 0 Å². The SMILES string of the molecule is Cc1cc(NC2CCCCCC2)ccc1[N+](=O)[O-]. The van der Waals surface area contributed by atoms with Crippen molar-refractivity contribution in [3.63, 3.8) is 0 Å². The molecule has 0 aliphatic heterocycles. The Morgan fingerprint density at radius 3 is 2.44 bits per heavy atom. The minimum Gasteiger partial charge on any atom is -0.382 e. The Labute approximate surface area is 108 Å². The molecule has 98 valence electrons. The lowest BCUT2D eigenvalue weighted by molar-refractivity contribution is -0.385. The molecule has 1 fully saturated rings. The molecule has 0 bridgehead atoms. The van der Waals surface area contributed by atoms with Crippen LogP contribution in [0.25, 0.3) is 0 Å². The third kappa shape index (κ3) is 3.22. The second kappa shape index (κ2) is 5.85. The number of hydrogen-bond acceptors (Lipinski definition) is 3. The van der Waals surface area contributed by atoms with E-state index >= 15 is 0 Å². The predicted octanol–water partition coefficient (Wildman–Crippen LogP) is 4.04. The van der Waals surface area contributed by atoms with Crippen molar-refractivity contribution in [2.75, 3.05) is 5.32 Å². The van der Waals surface area contributed by atoms with Crippen LogP contribution in [0.1, 0.15) is 44.1 Å². The Hall–Kier alpha value is -1.58. The van der Waals surface area contributed by atoms with E-state index in [-0.39, 0.29) is 10.6 Å². The molecule has 1 aliphatic carbocycles. The number of nitrogens with one attached hydrogen (secondary N) is 1. The summed E-state index contributed by atoms with van der Waals surface area (Å²) >= 11 is 0. The maximum Gasteiger partial charge on any atom is 0.272 e. The molecule has 0 saturated heterocycles. The second-order valence-electron chi connectivity index (χ2n) is 5.09. The van der Waals surface area contributed by atoms with E-state index in [0.29, 0.717) is 6.04 Å². The first kappa shape index (κ1) is 12.9. The number of hydrogen-bond donors (Lipinski definition) is 1. The van der Waals surface area contributed by atoms with Crippen LogP contribution in [0.5, 0.6) is 0 Å². The van der Waals surface area contributed by atoms with E-state index in [1.165, 1.54) is 38.5 Å². The highest BCUT2D eigenvalue weighted by atomic mass is 16.6. The van der Waals surface area contributed by atoms with Crippen LogP contribution in [-0.4, -0.2) is 11.0 Å². The number of nitrogens with zero attached hydrogens (tertiary/aromatic N) is 1. The van der Waals surface area contributed by atoms with Crippen LogP contribution in [-0.2, 0) is 0 Å². The van der Waals surface area contributed by atoms with Gasteiger partial charge < -0.3 is 5.32 Å². The van der Waals surface area contributed by atoms with Gasteiger partial charge in [-0.2, -0.15) is 0 Å². The Kier molecular flexibility index (Phi) is 4.18. The van der Waals surface area contributed by atoms with Gasteiger partial charge >= 0.3 is 0 Å². The van der Waals surface area contributed by atoms with E-state index in [9.17, 15) is 10.1 Å². The van der Waals surface area contributed by atoms with Gasteiger partial charge in [0, 0.05) is 23.4 Å². The van der Waals surface area contributed by atoms with Crippen LogP contribution in [0, 0.1) is 17.0 Å². The molecule has 0 aromatic heterocycles. The van der Waals surface area contributed by atoms with Crippen LogP contribution >= 0.6 is 0 Å².